The van der Waals surface area contributed by atoms with E-state index >= 15 is 0 Å². The summed E-state index contributed by atoms with van der Waals surface area (Å²) in [5, 5.41) is 2.92. The summed E-state index contributed by atoms with van der Waals surface area (Å²) < 4.78 is 42.0. The van der Waals surface area contributed by atoms with Crippen molar-refractivity contribution < 1.29 is 27.5 Å². The van der Waals surface area contributed by atoms with Crippen LogP contribution in [0.5, 0.6) is 0 Å². The van der Waals surface area contributed by atoms with Gasteiger partial charge < -0.3 is 10.1 Å². The molecule has 1 aromatic carbocycles. The third kappa shape index (κ3) is 3.90. The van der Waals surface area contributed by atoms with Crippen LogP contribution in [0, 0.1) is 0 Å². The molecule has 120 valence electrons. The Morgan fingerprint density at radius 1 is 1.36 bits per heavy atom. The first-order valence-corrected chi connectivity index (χ1v) is 6.68. The third-order valence-corrected chi connectivity index (χ3v) is 3.17. The number of alkyl halides is 3. The van der Waals surface area contributed by atoms with Crippen LogP contribution in [-0.2, 0) is 15.7 Å². The van der Waals surface area contributed by atoms with Crippen LogP contribution in [0.1, 0.15) is 18.9 Å². The first-order chi connectivity index (χ1) is 10.3. The van der Waals surface area contributed by atoms with Gasteiger partial charge in [0.1, 0.15) is 6.61 Å². The van der Waals surface area contributed by atoms with E-state index in [2.05, 4.69) is 10.1 Å². The zero-order valence-corrected chi connectivity index (χ0v) is 11.8. The number of halogens is 3. The molecule has 0 saturated carbocycles. The highest BCUT2D eigenvalue weighted by Gasteiger charge is 2.30. The van der Waals surface area contributed by atoms with Gasteiger partial charge in [-0.15, -0.1) is 0 Å². The van der Waals surface area contributed by atoms with Crippen LogP contribution >= 0.6 is 0 Å². The first-order valence-electron chi connectivity index (χ1n) is 6.68. The lowest BCUT2D eigenvalue weighted by atomic mass is 10.1. The maximum absolute atomic E-state index is 12.4. The van der Waals surface area contributed by atoms with E-state index in [0.29, 0.717) is 5.69 Å². The summed E-state index contributed by atoms with van der Waals surface area (Å²) in [5.41, 5.74) is -0.265. The molecular weight excluding hydrogens is 301 g/mol. The molecule has 0 radical (unpaired) electrons. The second-order valence-electron chi connectivity index (χ2n) is 4.98. The molecule has 1 heterocycles. The minimum atomic E-state index is -4.38. The molecule has 5 nitrogen and oxygen atoms in total. The van der Waals surface area contributed by atoms with Crippen LogP contribution in [0.2, 0.25) is 0 Å². The van der Waals surface area contributed by atoms with Crippen LogP contribution in [0.3, 0.4) is 0 Å². The number of carbonyl (C=O) groups excluding carboxylic acids is 2. The molecule has 1 N–H and O–H groups in total. The van der Waals surface area contributed by atoms with Gasteiger partial charge in [-0.25, -0.2) is 9.69 Å². The van der Waals surface area contributed by atoms with Gasteiger partial charge in [0.05, 0.1) is 12.1 Å². The van der Waals surface area contributed by atoms with E-state index in [0.717, 1.165) is 17.0 Å². The van der Waals surface area contributed by atoms with Gasteiger partial charge in [0.2, 0.25) is 5.91 Å². The van der Waals surface area contributed by atoms with Crippen molar-refractivity contribution >= 4 is 17.7 Å². The first kappa shape index (κ1) is 16.1. The topological polar surface area (TPSA) is 58.6 Å². The zero-order valence-electron chi connectivity index (χ0n) is 11.8. The molecule has 2 rings (SSSR count). The molecule has 1 aromatic rings. The molecule has 2 amide bonds. The van der Waals surface area contributed by atoms with E-state index in [-0.39, 0.29) is 31.5 Å². The van der Waals surface area contributed by atoms with E-state index in [1.54, 1.807) is 6.92 Å². The number of benzene rings is 1. The molecule has 0 aliphatic carbocycles. The number of ether oxygens (including phenoxy) is 1. The predicted octanol–water partition coefficient (Wildman–Crippen LogP) is 2.87. The number of anilines is 1. The molecule has 1 saturated heterocycles. The normalized spacial score (nSPS) is 16.4. The van der Waals surface area contributed by atoms with E-state index in [1.807, 2.05) is 0 Å². The largest absolute Gasteiger partial charge is 0.447 e. The lowest BCUT2D eigenvalue weighted by molar-refractivity contribution is -0.137. The highest BCUT2D eigenvalue weighted by molar-refractivity contribution is 5.93. The molecule has 0 aromatic heterocycles. The second-order valence-corrected chi connectivity index (χ2v) is 4.98. The summed E-state index contributed by atoms with van der Waals surface area (Å²) in [6, 6.07) is 4.20. The van der Waals surface area contributed by atoms with Crippen molar-refractivity contribution in [2.75, 3.05) is 18.5 Å². The molecule has 1 atom stereocenters. The quantitative estimate of drug-likeness (QED) is 0.928. The number of nitrogens with one attached hydrogen (secondary N) is 1. The van der Waals surface area contributed by atoms with E-state index in [1.165, 1.54) is 12.1 Å². The Hall–Kier alpha value is -2.25. The monoisotopic (exact) mass is 316 g/mol. The number of carbonyl (C=O) groups is 2. The summed E-state index contributed by atoms with van der Waals surface area (Å²) >= 11 is 0. The number of nitrogens with zero attached hydrogens (tertiary/aromatic N) is 1. The average Bonchev–Trinajstić information content (AvgIpc) is 2.84. The smallest absolute Gasteiger partial charge is 0.416 e. The van der Waals surface area contributed by atoms with Gasteiger partial charge in [0, 0.05) is 18.2 Å². The van der Waals surface area contributed by atoms with E-state index < -0.39 is 17.8 Å². The van der Waals surface area contributed by atoms with E-state index in [9.17, 15) is 22.8 Å². The molecule has 0 unspecified atom stereocenters. The fourth-order valence-corrected chi connectivity index (χ4v) is 2.08. The highest BCUT2D eigenvalue weighted by Crippen LogP contribution is 2.29. The van der Waals surface area contributed by atoms with Crippen molar-refractivity contribution in [3.05, 3.63) is 29.8 Å². The number of hydrogen-bond acceptors (Lipinski definition) is 4. The number of amides is 2. The fraction of sp³-hybridized carbons (Fsp3) is 0.429. The Balaban J connectivity index is 1.90. The number of hydrogen-bond donors (Lipinski definition) is 1. The van der Waals surface area contributed by atoms with Crippen LogP contribution in [0.15, 0.2) is 24.3 Å². The molecule has 8 heteroatoms. The second kappa shape index (κ2) is 6.25. The Kier molecular flexibility index (Phi) is 4.58. The molecule has 1 fully saturated rings. The molecule has 0 bridgehead atoms. The maximum Gasteiger partial charge on any atom is 0.416 e. The summed E-state index contributed by atoms with van der Waals surface area (Å²) in [6.07, 6.45) is -5.00. The van der Waals surface area contributed by atoms with Crippen molar-refractivity contribution in [2.24, 2.45) is 0 Å². The molecular formula is C14H15F3N2O3. The average molecular weight is 316 g/mol. The van der Waals surface area contributed by atoms with Gasteiger partial charge in [-0.2, -0.15) is 13.2 Å². The van der Waals surface area contributed by atoms with Crippen LogP contribution in [-0.4, -0.2) is 36.1 Å². The Labute approximate surface area is 125 Å². The number of cyclic esters (lactones) is 1. The summed E-state index contributed by atoms with van der Waals surface area (Å²) in [5.74, 6) is -0.380. The minimum Gasteiger partial charge on any atom is -0.447 e. The molecule has 0 spiro atoms. The predicted molar refractivity (Wildman–Crippen MR) is 72.2 cm³/mol. The molecule has 1 aliphatic heterocycles. The SMILES string of the molecule is C[C@@H](CC(=O)N1CCOC1=O)Nc1ccc(C(F)(F)F)cc1. The Morgan fingerprint density at radius 3 is 2.50 bits per heavy atom. The molecule has 22 heavy (non-hydrogen) atoms. The fourth-order valence-electron chi connectivity index (χ4n) is 2.08. The lowest BCUT2D eigenvalue weighted by Crippen LogP contribution is -2.35. The maximum atomic E-state index is 12.4. The Morgan fingerprint density at radius 2 is 2.00 bits per heavy atom. The summed E-state index contributed by atoms with van der Waals surface area (Å²) in [4.78, 5) is 24.1. The van der Waals surface area contributed by atoms with Crippen LogP contribution < -0.4 is 5.32 Å². The van der Waals surface area contributed by atoms with Gasteiger partial charge in [0.15, 0.2) is 0 Å². The molecule has 1 aliphatic rings. The number of rotatable bonds is 4. The van der Waals surface area contributed by atoms with Crippen molar-refractivity contribution in [1.82, 2.24) is 4.90 Å². The minimum absolute atomic E-state index is 0.0378. The highest BCUT2D eigenvalue weighted by atomic mass is 19.4. The van der Waals surface area contributed by atoms with Crippen molar-refractivity contribution in [3.8, 4) is 0 Å². The summed E-state index contributed by atoms with van der Waals surface area (Å²) in [6.45, 7) is 2.12. The van der Waals surface area contributed by atoms with Crippen molar-refractivity contribution in [2.45, 2.75) is 25.6 Å². The third-order valence-electron chi connectivity index (χ3n) is 3.17. The van der Waals surface area contributed by atoms with E-state index in [4.69, 9.17) is 0 Å². The van der Waals surface area contributed by atoms with Crippen LogP contribution in [0.4, 0.5) is 23.7 Å². The summed E-state index contributed by atoms with van der Waals surface area (Å²) in [7, 11) is 0. The van der Waals surface area contributed by atoms with Crippen LogP contribution in [0.25, 0.3) is 0 Å². The standard InChI is InChI=1S/C14H15F3N2O3/c1-9(8-12(20)19-6-7-22-13(19)21)18-11-4-2-10(3-5-11)14(15,16)17/h2-5,9,18H,6-8H2,1H3/t9-/m0/s1. The van der Waals surface area contributed by atoms with Gasteiger partial charge in [0.25, 0.3) is 0 Å². The lowest BCUT2D eigenvalue weighted by Gasteiger charge is -2.18. The Bertz CT molecular complexity index is 557. The van der Waals surface area contributed by atoms with Gasteiger partial charge in [-0.1, -0.05) is 0 Å². The van der Waals surface area contributed by atoms with Crippen molar-refractivity contribution in [1.29, 1.82) is 0 Å². The zero-order chi connectivity index (χ0) is 16.3. The number of imide groups is 1. The van der Waals surface area contributed by atoms with Crippen molar-refractivity contribution in [3.63, 3.8) is 0 Å². The van der Waals surface area contributed by atoms with Gasteiger partial charge in [-0.05, 0) is 31.2 Å². The van der Waals surface area contributed by atoms with Gasteiger partial charge in [-0.3, -0.25) is 4.79 Å². The van der Waals surface area contributed by atoms with Gasteiger partial charge >= 0.3 is 12.3 Å².